The van der Waals surface area contributed by atoms with Crippen LogP contribution in [0.5, 0.6) is 11.5 Å². The van der Waals surface area contributed by atoms with Crippen molar-refractivity contribution < 1.29 is 61.5 Å². The van der Waals surface area contributed by atoms with Crippen LogP contribution in [0.1, 0.15) is 101 Å². The molecule has 1 aliphatic rings. The Morgan fingerprint density at radius 3 is 1.64 bits per heavy atom. The molecule has 500 valence electrons. The molecule has 9 rings (SSSR count). The van der Waals surface area contributed by atoms with Gasteiger partial charge in [-0.15, -0.1) is 0 Å². The molecule has 0 radical (unpaired) electrons. The van der Waals surface area contributed by atoms with Gasteiger partial charge in [-0.2, -0.15) is 4.98 Å². The van der Waals surface area contributed by atoms with Crippen LogP contribution < -0.4 is 30.9 Å². The van der Waals surface area contributed by atoms with Crippen LogP contribution in [0.15, 0.2) is 217 Å². The summed E-state index contributed by atoms with van der Waals surface area (Å²) < 4.78 is 65.1. The number of methoxy groups -OCH3 is 2. The van der Waals surface area contributed by atoms with E-state index in [1.807, 2.05) is 214 Å². The van der Waals surface area contributed by atoms with E-state index in [1.54, 1.807) is 54.9 Å². The Morgan fingerprint density at radius 2 is 1.17 bits per heavy atom. The third kappa shape index (κ3) is 17.0. The van der Waals surface area contributed by atoms with Crippen molar-refractivity contribution in [2.45, 2.75) is 109 Å². The predicted molar refractivity (Wildman–Crippen MR) is 366 cm³/mol. The molecule has 1 amide bonds. The van der Waals surface area contributed by atoms with Gasteiger partial charge in [0.05, 0.1) is 39.5 Å². The number of alkyl carbamates (subject to hydrolysis) is 1. The Bertz CT molecular complexity index is 3770. The summed E-state index contributed by atoms with van der Waals surface area (Å²) in [6.07, 6.45) is -4.28. The number of rotatable bonds is 29. The average molecular weight is 1330 g/mol. The molecule has 2 unspecified atom stereocenters. The molecule has 1 aliphatic heterocycles. The van der Waals surface area contributed by atoms with Crippen LogP contribution in [0.25, 0.3) is 0 Å². The molecule has 6 atom stereocenters. The minimum Gasteiger partial charge on any atom is -0.497 e. The number of aliphatic hydroxyl groups is 1. The van der Waals surface area contributed by atoms with Crippen molar-refractivity contribution in [3.8, 4) is 11.5 Å². The number of nitrogens with zero attached hydrogens (tertiary/aromatic N) is 2. The molecular formula is C74H84N5O14PS. The molecule has 0 saturated carbocycles. The first-order chi connectivity index (χ1) is 45.4. The maximum absolute atomic E-state index is 15.2. The lowest BCUT2D eigenvalue weighted by Crippen LogP contribution is -2.53. The lowest BCUT2D eigenvalue weighted by atomic mass is 9.77. The number of carbonyl (C=O) groups excluding carboxylic acids is 3. The van der Waals surface area contributed by atoms with Gasteiger partial charge in [0, 0.05) is 18.5 Å². The average Bonchev–Trinajstić information content (AvgIpc) is 1.60. The zero-order valence-corrected chi connectivity index (χ0v) is 56.8. The van der Waals surface area contributed by atoms with Crippen LogP contribution >= 0.6 is 19.5 Å². The fourth-order valence-corrected chi connectivity index (χ4v) is 13.6. The summed E-state index contributed by atoms with van der Waals surface area (Å²) in [4.78, 5) is 61.4. The fraction of sp³-hybridized carbons (Fsp3) is 0.338. The van der Waals surface area contributed by atoms with E-state index in [2.05, 4.69) is 20.7 Å². The van der Waals surface area contributed by atoms with Gasteiger partial charge < -0.3 is 44.2 Å². The predicted octanol–water partition coefficient (Wildman–Crippen LogP) is 13.0. The van der Waals surface area contributed by atoms with Gasteiger partial charge in [-0.25, -0.2) is 24.0 Å². The fourth-order valence-electron chi connectivity index (χ4n) is 11.3. The lowest BCUT2D eigenvalue weighted by molar-refractivity contribution is -0.167. The Kier molecular flexibility index (Phi) is 23.1. The van der Waals surface area contributed by atoms with E-state index in [9.17, 15) is 24.3 Å². The number of anilines is 1. The number of carbonyl (C=O) groups is 3. The van der Waals surface area contributed by atoms with Crippen molar-refractivity contribution >= 4 is 42.5 Å². The summed E-state index contributed by atoms with van der Waals surface area (Å²) in [5, 5.41) is 21.7. The van der Waals surface area contributed by atoms with Crippen molar-refractivity contribution in [3.05, 3.63) is 262 Å². The number of benzene rings is 7. The molecule has 2 heterocycles. The molecule has 0 aliphatic carbocycles. The number of hydrogen-bond donors (Lipinski definition) is 4. The van der Waals surface area contributed by atoms with Crippen LogP contribution in [-0.4, -0.2) is 101 Å². The topological polar surface area (TPSA) is 233 Å². The van der Waals surface area contributed by atoms with E-state index in [1.165, 1.54) is 13.1 Å². The highest BCUT2D eigenvalue weighted by Gasteiger charge is 2.58. The number of thioether (sulfide) groups is 1. The number of nitrogens with one attached hydrogen (secondary N) is 3. The van der Waals surface area contributed by atoms with E-state index in [0.29, 0.717) is 11.5 Å². The molecule has 0 bridgehead atoms. The van der Waals surface area contributed by atoms with Crippen molar-refractivity contribution in [1.82, 2.24) is 20.0 Å². The summed E-state index contributed by atoms with van der Waals surface area (Å²) in [7, 11) is -1.28. The maximum atomic E-state index is 15.2. The number of ether oxygens (including phenoxy) is 6. The molecule has 7 aromatic carbocycles. The van der Waals surface area contributed by atoms with Gasteiger partial charge in [0.15, 0.2) is 17.4 Å². The molecule has 95 heavy (non-hydrogen) atoms. The van der Waals surface area contributed by atoms with Gasteiger partial charge in [0.2, 0.25) is 0 Å². The highest BCUT2D eigenvalue weighted by Crippen LogP contribution is 2.49. The van der Waals surface area contributed by atoms with Crippen molar-refractivity contribution in [3.63, 3.8) is 0 Å². The lowest BCUT2D eigenvalue weighted by Gasteiger charge is -2.38. The van der Waals surface area contributed by atoms with Gasteiger partial charge in [-0.1, -0.05) is 202 Å². The summed E-state index contributed by atoms with van der Waals surface area (Å²) in [5.41, 5.74) is -1.67. The Labute approximate surface area is 559 Å². The standard InChI is InChI=1S/C74H84N5O14PS/c1-51(2)63(77-69(83)93-70(3,4)5)65(80)92-64-61(91-66(72(64,8)84)79-45-44-62(76-68(79)82)78-73(53-28-18-12-19-29-53,54-36-40-59(86-9)41-37-54)55-38-42-60(87-10)43-39-55)49-90-94(85,75-48-52-26-16-11-17-27-52)89-46-47-95-67(81)71(6,7)50-88-74(56-30-20-13-21-31-56,57-32-22-14-23-33-57)58-34-24-15-25-35-58/h11-45,51,61,63-64,66,84H,46-50H2,1-10H3,(H,75,85)(H,77,83)(H,76,78,82)/t61?,63-,64+,66+,72+,94?/m0/s1. The monoisotopic (exact) mass is 1330 g/mol. The number of aromatic nitrogens is 2. The third-order valence-electron chi connectivity index (χ3n) is 16.3. The first-order valence-corrected chi connectivity index (χ1v) is 33.9. The number of esters is 1. The summed E-state index contributed by atoms with van der Waals surface area (Å²) >= 11 is 0.986. The molecule has 1 aromatic heterocycles. The molecule has 4 N–H and O–H groups in total. The highest BCUT2D eigenvalue weighted by atomic mass is 32.2. The molecule has 8 aromatic rings. The van der Waals surface area contributed by atoms with Gasteiger partial charge >= 0.3 is 25.5 Å². The van der Waals surface area contributed by atoms with Crippen LogP contribution in [-0.2, 0) is 59.8 Å². The minimum absolute atomic E-state index is 0.00116. The van der Waals surface area contributed by atoms with E-state index in [4.69, 9.17) is 37.5 Å². The smallest absolute Gasteiger partial charge is 0.408 e. The molecule has 1 fully saturated rings. The summed E-state index contributed by atoms with van der Waals surface area (Å²) in [5.74, 6) is -0.128. The first-order valence-electron chi connectivity index (χ1n) is 31.4. The van der Waals surface area contributed by atoms with Crippen molar-refractivity contribution in [2.75, 3.05) is 45.1 Å². The number of amides is 1. The van der Waals surface area contributed by atoms with Crippen LogP contribution in [0, 0.1) is 11.3 Å². The Morgan fingerprint density at radius 1 is 0.684 bits per heavy atom. The molecule has 19 nitrogen and oxygen atoms in total. The van der Waals surface area contributed by atoms with Crippen molar-refractivity contribution in [1.29, 1.82) is 0 Å². The van der Waals surface area contributed by atoms with Gasteiger partial charge in [-0.05, 0) is 117 Å². The molecule has 0 spiro atoms. The Balaban J connectivity index is 0.990. The second-order valence-corrected chi connectivity index (χ2v) is 28.1. The van der Waals surface area contributed by atoms with E-state index in [0.717, 1.165) is 55.3 Å². The normalized spacial score (nSPS) is 17.7. The maximum Gasteiger partial charge on any atom is 0.408 e. The van der Waals surface area contributed by atoms with E-state index in [-0.39, 0.29) is 36.4 Å². The van der Waals surface area contributed by atoms with Crippen LogP contribution in [0.4, 0.5) is 10.6 Å². The van der Waals surface area contributed by atoms with Gasteiger partial charge in [-0.3, -0.25) is 18.4 Å². The molecule has 1 saturated heterocycles. The van der Waals surface area contributed by atoms with E-state index < -0.39 is 90.3 Å². The SMILES string of the molecule is COc1ccc(C(Nc2ccn([C@@H]3OC(COP(=O)(NCc4ccccc4)OCCSC(=O)C(C)(C)COC(c4ccccc4)(c4ccccc4)c4ccccc4)[C@@H](OC(=O)[C@@H](NC(=O)OC(C)(C)C)C(C)C)[C@@]3(C)O)c(=O)n2)(c2ccccc2)c2ccc(OC)cc2)cc1. The Hall–Kier alpha value is -8.43. The highest BCUT2D eigenvalue weighted by molar-refractivity contribution is 8.13. The molecule has 21 heteroatoms. The van der Waals surface area contributed by atoms with Crippen LogP contribution in [0.3, 0.4) is 0 Å². The second kappa shape index (κ2) is 31.0. The zero-order valence-electron chi connectivity index (χ0n) is 55.1. The molecular weight excluding hydrogens is 1250 g/mol. The largest absolute Gasteiger partial charge is 0.497 e. The second-order valence-electron chi connectivity index (χ2n) is 25.2. The first kappa shape index (κ1) is 70.9. The zero-order chi connectivity index (χ0) is 68.0. The van der Waals surface area contributed by atoms with Crippen molar-refractivity contribution in [2.24, 2.45) is 11.3 Å². The van der Waals surface area contributed by atoms with Gasteiger partial charge in [0.1, 0.15) is 51.8 Å². The third-order valence-corrected chi connectivity index (χ3v) is 19.0. The summed E-state index contributed by atoms with van der Waals surface area (Å²) in [6.45, 7) is 12.5. The van der Waals surface area contributed by atoms with E-state index >= 15 is 4.57 Å². The van der Waals surface area contributed by atoms with Gasteiger partial charge in [0.25, 0.3) is 0 Å². The summed E-state index contributed by atoms with van der Waals surface area (Å²) in [6, 6.07) is 63.6. The van der Waals surface area contributed by atoms with Crippen LogP contribution in [0.2, 0.25) is 0 Å². The minimum atomic E-state index is -4.44. The number of hydrogen-bond acceptors (Lipinski definition) is 17. The quantitative estimate of drug-likeness (QED) is 0.0148.